The standard InChI is InChI=1S/C25H32FN3O3/c1-31-23-11-14-29-17-19(23)7-4-5-13-28(18-22-21(26)9-6-12-27-22)15-16-32-24-10-3-2-8-20(24)25(29)30/h2-3,6,8-10,12,19,23H,4-5,7,11,13-18H2,1H3/t19-,23+/m1/s1. The molecule has 4 rings (SSSR count). The van der Waals surface area contributed by atoms with Gasteiger partial charge >= 0.3 is 0 Å². The molecule has 2 atom stereocenters. The summed E-state index contributed by atoms with van der Waals surface area (Å²) in [6.45, 7) is 3.74. The van der Waals surface area contributed by atoms with Crippen molar-refractivity contribution < 1.29 is 18.7 Å². The van der Waals surface area contributed by atoms with Crippen LogP contribution in [0.3, 0.4) is 0 Å². The number of rotatable bonds is 3. The van der Waals surface area contributed by atoms with E-state index in [1.165, 1.54) is 6.07 Å². The van der Waals surface area contributed by atoms with E-state index in [0.717, 1.165) is 32.2 Å². The smallest absolute Gasteiger partial charge is 0.257 e. The molecule has 3 heterocycles. The Hall–Kier alpha value is -2.51. The zero-order chi connectivity index (χ0) is 22.3. The summed E-state index contributed by atoms with van der Waals surface area (Å²) in [7, 11) is 1.76. The molecule has 0 spiro atoms. The van der Waals surface area contributed by atoms with Crippen LogP contribution in [0.25, 0.3) is 0 Å². The van der Waals surface area contributed by atoms with Gasteiger partial charge in [-0.05, 0) is 50.1 Å². The number of halogens is 1. The lowest BCUT2D eigenvalue weighted by atomic mass is 9.89. The lowest BCUT2D eigenvalue weighted by Crippen LogP contribution is -2.46. The Morgan fingerprint density at radius 2 is 2.00 bits per heavy atom. The second-order valence-corrected chi connectivity index (χ2v) is 8.62. The molecule has 6 nitrogen and oxygen atoms in total. The number of carbonyl (C=O) groups is 1. The van der Waals surface area contributed by atoms with E-state index in [9.17, 15) is 9.18 Å². The highest BCUT2D eigenvalue weighted by molar-refractivity contribution is 5.97. The van der Waals surface area contributed by atoms with E-state index in [2.05, 4.69) is 9.88 Å². The number of amides is 1. The molecule has 0 saturated carbocycles. The summed E-state index contributed by atoms with van der Waals surface area (Å²) in [5, 5.41) is 0. The fraction of sp³-hybridized carbons (Fsp3) is 0.520. The number of benzene rings is 1. The Morgan fingerprint density at radius 1 is 1.12 bits per heavy atom. The maximum Gasteiger partial charge on any atom is 0.257 e. The maximum absolute atomic E-state index is 14.2. The third-order valence-corrected chi connectivity index (χ3v) is 6.54. The van der Waals surface area contributed by atoms with Gasteiger partial charge in [0.2, 0.25) is 0 Å². The minimum atomic E-state index is -0.283. The van der Waals surface area contributed by atoms with Crippen molar-refractivity contribution in [2.45, 2.75) is 38.3 Å². The highest BCUT2D eigenvalue weighted by atomic mass is 19.1. The number of hydrogen-bond donors (Lipinski definition) is 0. The van der Waals surface area contributed by atoms with Crippen molar-refractivity contribution in [2.75, 3.05) is 39.9 Å². The van der Waals surface area contributed by atoms with Crippen LogP contribution in [0.15, 0.2) is 42.6 Å². The molecule has 1 amide bonds. The first kappa shape index (κ1) is 22.7. The summed E-state index contributed by atoms with van der Waals surface area (Å²) < 4.78 is 26.0. The van der Waals surface area contributed by atoms with E-state index in [4.69, 9.17) is 9.47 Å². The molecule has 1 aromatic heterocycles. The number of piperidine rings is 1. The Labute approximate surface area is 189 Å². The normalized spacial score (nSPS) is 23.2. The number of pyridine rings is 1. The Kier molecular flexibility index (Phi) is 7.71. The van der Waals surface area contributed by atoms with Crippen LogP contribution in [0.5, 0.6) is 5.75 Å². The Balaban J connectivity index is 1.54. The topological polar surface area (TPSA) is 54.9 Å². The molecule has 0 unspecified atom stereocenters. The summed E-state index contributed by atoms with van der Waals surface area (Å²) >= 11 is 0. The minimum Gasteiger partial charge on any atom is -0.491 e. The molecular formula is C25H32FN3O3. The highest BCUT2D eigenvalue weighted by Crippen LogP contribution is 2.28. The van der Waals surface area contributed by atoms with Gasteiger partial charge in [-0.3, -0.25) is 14.7 Å². The van der Waals surface area contributed by atoms with E-state index >= 15 is 0 Å². The number of carbonyl (C=O) groups excluding carboxylic acids is 1. The van der Waals surface area contributed by atoms with Gasteiger partial charge in [-0.15, -0.1) is 0 Å². The molecule has 2 aliphatic heterocycles. The van der Waals surface area contributed by atoms with Crippen molar-refractivity contribution in [3.63, 3.8) is 0 Å². The van der Waals surface area contributed by atoms with E-state index in [0.29, 0.717) is 55.7 Å². The molecule has 2 bridgehead atoms. The van der Waals surface area contributed by atoms with E-state index in [1.807, 2.05) is 29.2 Å². The quantitative estimate of drug-likeness (QED) is 0.726. The van der Waals surface area contributed by atoms with E-state index in [-0.39, 0.29) is 17.8 Å². The van der Waals surface area contributed by atoms with Gasteiger partial charge in [0.05, 0.1) is 17.4 Å². The molecule has 1 fully saturated rings. The van der Waals surface area contributed by atoms with E-state index < -0.39 is 0 Å². The van der Waals surface area contributed by atoms with Gasteiger partial charge in [0.25, 0.3) is 5.91 Å². The average molecular weight is 442 g/mol. The summed E-state index contributed by atoms with van der Waals surface area (Å²) in [5.74, 6) is 0.651. The minimum absolute atomic E-state index is 0.0182. The fourth-order valence-electron chi connectivity index (χ4n) is 4.77. The van der Waals surface area contributed by atoms with Crippen molar-refractivity contribution in [1.29, 1.82) is 0 Å². The molecule has 32 heavy (non-hydrogen) atoms. The highest BCUT2D eigenvalue weighted by Gasteiger charge is 2.32. The van der Waals surface area contributed by atoms with Crippen molar-refractivity contribution >= 4 is 5.91 Å². The first-order valence-corrected chi connectivity index (χ1v) is 11.5. The lowest BCUT2D eigenvalue weighted by molar-refractivity contribution is -0.00703. The third-order valence-electron chi connectivity index (χ3n) is 6.54. The number of aromatic nitrogens is 1. The molecule has 0 N–H and O–H groups in total. The van der Waals surface area contributed by atoms with Gasteiger partial charge in [0.1, 0.15) is 18.2 Å². The molecule has 2 aliphatic rings. The van der Waals surface area contributed by atoms with Crippen LogP contribution in [0.2, 0.25) is 0 Å². The van der Waals surface area contributed by atoms with Gasteiger partial charge in [0.15, 0.2) is 0 Å². The van der Waals surface area contributed by atoms with Crippen molar-refractivity contribution in [1.82, 2.24) is 14.8 Å². The summed E-state index contributed by atoms with van der Waals surface area (Å²) in [6, 6.07) is 10.5. The fourth-order valence-corrected chi connectivity index (χ4v) is 4.77. The molecule has 172 valence electrons. The van der Waals surface area contributed by atoms with Crippen LogP contribution in [0.1, 0.15) is 41.7 Å². The van der Waals surface area contributed by atoms with Crippen LogP contribution >= 0.6 is 0 Å². The van der Waals surface area contributed by atoms with Crippen molar-refractivity contribution in [2.24, 2.45) is 5.92 Å². The Morgan fingerprint density at radius 3 is 2.84 bits per heavy atom. The van der Waals surface area contributed by atoms with E-state index in [1.54, 1.807) is 19.4 Å². The molecule has 7 heteroatoms. The molecule has 1 aromatic carbocycles. The van der Waals surface area contributed by atoms with Gasteiger partial charge in [0, 0.05) is 45.4 Å². The third kappa shape index (κ3) is 5.45. The maximum atomic E-state index is 14.2. The Bertz CT molecular complexity index is 910. The van der Waals surface area contributed by atoms with Crippen LogP contribution < -0.4 is 4.74 Å². The van der Waals surface area contributed by atoms with Gasteiger partial charge in [-0.1, -0.05) is 18.6 Å². The number of methoxy groups -OCH3 is 1. The van der Waals surface area contributed by atoms with Gasteiger partial charge in [-0.2, -0.15) is 0 Å². The average Bonchev–Trinajstić information content (AvgIpc) is 2.82. The van der Waals surface area contributed by atoms with Crippen molar-refractivity contribution in [3.05, 3.63) is 59.7 Å². The zero-order valence-electron chi connectivity index (χ0n) is 18.7. The predicted molar refractivity (Wildman–Crippen MR) is 120 cm³/mol. The number of para-hydroxylation sites is 1. The monoisotopic (exact) mass is 441 g/mol. The number of fused-ring (bicyclic) bond motifs is 3. The van der Waals surface area contributed by atoms with Crippen LogP contribution in [-0.2, 0) is 11.3 Å². The summed E-state index contributed by atoms with van der Waals surface area (Å²) in [6.07, 6.45) is 5.68. The molecule has 1 saturated heterocycles. The second-order valence-electron chi connectivity index (χ2n) is 8.62. The van der Waals surface area contributed by atoms with Crippen LogP contribution in [-0.4, -0.2) is 66.7 Å². The zero-order valence-corrected chi connectivity index (χ0v) is 18.7. The lowest BCUT2D eigenvalue weighted by Gasteiger charge is -2.38. The van der Waals surface area contributed by atoms with Crippen molar-refractivity contribution in [3.8, 4) is 5.75 Å². The van der Waals surface area contributed by atoms with Gasteiger partial charge in [-0.25, -0.2) is 4.39 Å². The summed E-state index contributed by atoms with van der Waals surface area (Å²) in [4.78, 5) is 21.6. The number of ether oxygens (including phenoxy) is 2. The molecular weight excluding hydrogens is 409 g/mol. The van der Waals surface area contributed by atoms with Gasteiger partial charge < -0.3 is 14.4 Å². The second kappa shape index (κ2) is 10.9. The molecule has 0 radical (unpaired) electrons. The molecule has 0 aliphatic carbocycles. The SMILES string of the molecule is CO[C@H]1CCN2C[C@H]1CCCCN(Cc1ncccc1F)CCOc1ccccc1C2=O. The number of hydrogen-bond acceptors (Lipinski definition) is 5. The largest absolute Gasteiger partial charge is 0.491 e. The van der Waals surface area contributed by atoms with Crippen LogP contribution in [0.4, 0.5) is 4.39 Å². The number of nitrogens with zero attached hydrogens (tertiary/aromatic N) is 3. The van der Waals surface area contributed by atoms with Crippen LogP contribution in [0, 0.1) is 11.7 Å². The molecule has 2 aromatic rings. The summed E-state index contributed by atoms with van der Waals surface area (Å²) in [5.41, 5.74) is 1.05. The predicted octanol–water partition coefficient (Wildman–Crippen LogP) is 3.76. The first-order valence-electron chi connectivity index (χ1n) is 11.5. The first-order chi connectivity index (χ1) is 15.7.